The number of unbranched alkanes of at least 4 members (excludes halogenated alkanes) is 1. The molecule has 0 aromatic heterocycles. The number of ether oxygens (including phenoxy) is 1. The van der Waals surface area contributed by atoms with Crippen LogP contribution in [0.4, 0.5) is 0 Å². The van der Waals surface area contributed by atoms with Crippen LogP contribution in [0.2, 0.25) is 0 Å². The predicted octanol–water partition coefficient (Wildman–Crippen LogP) is 2.65. The van der Waals surface area contributed by atoms with Gasteiger partial charge in [0.25, 0.3) is 5.91 Å². The van der Waals surface area contributed by atoms with E-state index < -0.39 is 5.97 Å². The summed E-state index contributed by atoms with van der Waals surface area (Å²) in [5.74, 6) is -0.490. The van der Waals surface area contributed by atoms with Gasteiger partial charge in [-0.1, -0.05) is 13.3 Å². The van der Waals surface area contributed by atoms with Crippen molar-refractivity contribution in [2.24, 2.45) is 0 Å². The molecule has 0 fully saturated rings. The third-order valence-electron chi connectivity index (χ3n) is 2.94. The maximum absolute atomic E-state index is 12.2. The summed E-state index contributed by atoms with van der Waals surface area (Å²) < 4.78 is 4.69. The monoisotopic (exact) mass is 263 g/mol. The van der Waals surface area contributed by atoms with Gasteiger partial charge in [0.1, 0.15) is 0 Å². The molecular weight excluding hydrogens is 242 g/mol. The molecule has 4 nitrogen and oxygen atoms in total. The molecule has 1 aromatic carbocycles. The number of methoxy groups -OCH3 is 1. The van der Waals surface area contributed by atoms with Gasteiger partial charge in [-0.3, -0.25) is 4.79 Å². The Bertz CT molecular complexity index is 468. The van der Waals surface area contributed by atoms with Gasteiger partial charge in [-0.25, -0.2) is 4.79 Å². The number of esters is 1. The van der Waals surface area contributed by atoms with Gasteiger partial charge in [0.05, 0.1) is 12.7 Å². The molecule has 0 spiro atoms. The lowest BCUT2D eigenvalue weighted by molar-refractivity contribution is 0.0600. The maximum Gasteiger partial charge on any atom is 0.337 e. The Balaban J connectivity index is 2.96. The minimum Gasteiger partial charge on any atom is -0.465 e. The predicted molar refractivity (Wildman–Crippen MR) is 74.4 cm³/mol. The van der Waals surface area contributed by atoms with Gasteiger partial charge in [0, 0.05) is 19.2 Å². The second-order valence-electron chi connectivity index (χ2n) is 4.66. The van der Waals surface area contributed by atoms with E-state index in [2.05, 4.69) is 11.7 Å². The van der Waals surface area contributed by atoms with Crippen LogP contribution in [-0.2, 0) is 4.74 Å². The van der Waals surface area contributed by atoms with Crippen LogP contribution in [0.1, 0.15) is 46.0 Å². The van der Waals surface area contributed by atoms with E-state index in [1.54, 1.807) is 30.1 Å². The van der Waals surface area contributed by atoms with Crippen LogP contribution < -0.4 is 0 Å². The lowest BCUT2D eigenvalue weighted by atomic mass is 10.1. The van der Waals surface area contributed by atoms with Crippen LogP contribution in [0, 0.1) is 6.92 Å². The minimum atomic E-state index is -0.422. The zero-order chi connectivity index (χ0) is 14.4. The molecule has 0 atom stereocenters. The summed E-state index contributed by atoms with van der Waals surface area (Å²) in [7, 11) is 3.11. The number of hydrogen-bond acceptors (Lipinski definition) is 3. The third kappa shape index (κ3) is 4.09. The molecule has 0 aliphatic carbocycles. The molecular formula is C15H21NO3. The second kappa shape index (κ2) is 6.92. The first-order valence-corrected chi connectivity index (χ1v) is 6.45. The number of benzene rings is 1. The lowest BCUT2D eigenvalue weighted by Gasteiger charge is -2.17. The first-order chi connectivity index (χ1) is 8.99. The number of carbonyl (C=O) groups excluding carboxylic acids is 2. The van der Waals surface area contributed by atoms with Crippen LogP contribution in [0.15, 0.2) is 18.2 Å². The van der Waals surface area contributed by atoms with E-state index in [0.29, 0.717) is 11.1 Å². The summed E-state index contributed by atoms with van der Waals surface area (Å²) in [4.78, 5) is 25.5. The molecule has 0 bridgehead atoms. The van der Waals surface area contributed by atoms with Gasteiger partial charge >= 0.3 is 5.97 Å². The average Bonchev–Trinajstić information content (AvgIpc) is 2.42. The van der Waals surface area contributed by atoms with E-state index in [1.165, 1.54) is 7.11 Å². The zero-order valence-corrected chi connectivity index (χ0v) is 12.0. The smallest absolute Gasteiger partial charge is 0.337 e. The highest BCUT2D eigenvalue weighted by Crippen LogP contribution is 2.13. The summed E-state index contributed by atoms with van der Waals surface area (Å²) >= 11 is 0. The van der Waals surface area contributed by atoms with Crippen molar-refractivity contribution in [3.8, 4) is 0 Å². The van der Waals surface area contributed by atoms with Crippen molar-refractivity contribution in [3.63, 3.8) is 0 Å². The van der Waals surface area contributed by atoms with Crippen LogP contribution >= 0.6 is 0 Å². The molecule has 4 heteroatoms. The summed E-state index contributed by atoms with van der Waals surface area (Å²) in [5, 5.41) is 0. The SMILES string of the molecule is CCCCN(C)C(=O)c1cc(C)cc(C(=O)OC)c1. The quantitative estimate of drug-likeness (QED) is 0.767. The van der Waals surface area contributed by atoms with Gasteiger partial charge in [-0.15, -0.1) is 0 Å². The fourth-order valence-electron chi connectivity index (χ4n) is 1.86. The molecule has 0 radical (unpaired) electrons. The van der Waals surface area contributed by atoms with Crippen LogP contribution in [0.3, 0.4) is 0 Å². The largest absolute Gasteiger partial charge is 0.465 e. The molecule has 104 valence electrons. The highest BCUT2D eigenvalue weighted by atomic mass is 16.5. The molecule has 1 amide bonds. The van der Waals surface area contributed by atoms with E-state index in [4.69, 9.17) is 0 Å². The lowest BCUT2D eigenvalue weighted by Crippen LogP contribution is -2.28. The summed E-state index contributed by atoms with van der Waals surface area (Å²) in [6.45, 7) is 4.66. The van der Waals surface area contributed by atoms with Crippen molar-refractivity contribution in [1.29, 1.82) is 0 Å². The molecule has 0 unspecified atom stereocenters. The molecule has 19 heavy (non-hydrogen) atoms. The Kier molecular flexibility index (Phi) is 5.55. The van der Waals surface area contributed by atoms with Gasteiger partial charge in [0.2, 0.25) is 0 Å². The molecule has 0 saturated carbocycles. The van der Waals surface area contributed by atoms with Crippen molar-refractivity contribution in [3.05, 3.63) is 34.9 Å². The fraction of sp³-hybridized carbons (Fsp3) is 0.467. The number of amides is 1. The van der Waals surface area contributed by atoms with Crippen molar-refractivity contribution < 1.29 is 14.3 Å². The molecule has 0 aliphatic heterocycles. The van der Waals surface area contributed by atoms with Crippen molar-refractivity contribution >= 4 is 11.9 Å². The highest BCUT2D eigenvalue weighted by molar-refractivity contribution is 5.98. The minimum absolute atomic E-state index is 0.0673. The van der Waals surface area contributed by atoms with Gasteiger partial charge in [-0.2, -0.15) is 0 Å². The molecule has 0 heterocycles. The fourth-order valence-corrected chi connectivity index (χ4v) is 1.86. The van der Waals surface area contributed by atoms with Crippen molar-refractivity contribution in [2.45, 2.75) is 26.7 Å². The maximum atomic E-state index is 12.2. The normalized spacial score (nSPS) is 10.1. The van der Waals surface area contributed by atoms with Crippen molar-refractivity contribution in [2.75, 3.05) is 20.7 Å². The Morgan fingerprint density at radius 3 is 2.42 bits per heavy atom. The Morgan fingerprint density at radius 1 is 1.21 bits per heavy atom. The molecule has 1 aromatic rings. The van der Waals surface area contributed by atoms with E-state index in [9.17, 15) is 9.59 Å². The van der Waals surface area contributed by atoms with Crippen molar-refractivity contribution in [1.82, 2.24) is 4.90 Å². The third-order valence-corrected chi connectivity index (χ3v) is 2.94. The Hall–Kier alpha value is -1.84. The second-order valence-corrected chi connectivity index (χ2v) is 4.66. The molecule has 0 saturated heterocycles. The molecule has 0 N–H and O–H groups in total. The van der Waals surface area contributed by atoms with Gasteiger partial charge < -0.3 is 9.64 Å². The first-order valence-electron chi connectivity index (χ1n) is 6.45. The van der Waals surface area contributed by atoms with E-state index in [-0.39, 0.29) is 5.91 Å². The van der Waals surface area contributed by atoms with Gasteiger partial charge in [-0.05, 0) is 37.1 Å². The zero-order valence-electron chi connectivity index (χ0n) is 12.0. The highest BCUT2D eigenvalue weighted by Gasteiger charge is 2.15. The van der Waals surface area contributed by atoms with Crippen LogP contribution in [0.5, 0.6) is 0 Å². The van der Waals surface area contributed by atoms with Crippen LogP contribution in [-0.4, -0.2) is 37.5 Å². The standard InChI is InChI=1S/C15H21NO3/c1-5-6-7-16(3)14(17)12-8-11(2)9-13(10-12)15(18)19-4/h8-10H,5-7H2,1-4H3. The Morgan fingerprint density at radius 2 is 1.84 bits per heavy atom. The Labute approximate surface area is 114 Å². The summed E-state index contributed by atoms with van der Waals surface area (Å²) in [5.41, 5.74) is 1.81. The molecule has 1 rings (SSSR count). The summed E-state index contributed by atoms with van der Waals surface area (Å²) in [6, 6.07) is 5.09. The average molecular weight is 263 g/mol. The number of aryl methyl sites for hydroxylation is 1. The first kappa shape index (κ1) is 15.2. The molecule has 0 aliphatic rings. The summed E-state index contributed by atoms with van der Waals surface area (Å²) in [6.07, 6.45) is 2.01. The van der Waals surface area contributed by atoms with E-state index in [0.717, 1.165) is 24.9 Å². The van der Waals surface area contributed by atoms with E-state index >= 15 is 0 Å². The number of rotatable bonds is 5. The number of carbonyl (C=O) groups is 2. The topological polar surface area (TPSA) is 46.6 Å². The van der Waals surface area contributed by atoms with Crippen LogP contribution in [0.25, 0.3) is 0 Å². The van der Waals surface area contributed by atoms with E-state index in [1.807, 2.05) is 6.92 Å². The van der Waals surface area contributed by atoms with Gasteiger partial charge in [0.15, 0.2) is 0 Å². The number of hydrogen-bond donors (Lipinski definition) is 0. The number of nitrogens with zero attached hydrogens (tertiary/aromatic N) is 1.